The number of thioether (sulfide) groups is 2. The average Bonchev–Trinajstić information content (AvgIpc) is 3.40. The van der Waals surface area contributed by atoms with Crippen LogP contribution in [0.2, 0.25) is 0 Å². The molecule has 0 fully saturated rings. The molecule has 0 saturated heterocycles. The van der Waals surface area contributed by atoms with E-state index in [0.29, 0.717) is 20.9 Å². The van der Waals surface area contributed by atoms with Crippen LogP contribution in [0, 0.1) is 0 Å². The van der Waals surface area contributed by atoms with Crippen LogP contribution >= 0.6 is 23.5 Å². The monoisotopic (exact) mass is 552 g/mol. The topological polar surface area (TPSA) is 52.6 Å². The van der Waals surface area contributed by atoms with Crippen molar-refractivity contribution in [1.82, 2.24) is 0 Å². The van der Waals surface area contributed by atoms with Crippen LogP contribution in [0.15, 0.2) is 56.0 Å². The summed E-state index contributed by atoms with van der Waals surface area (Å²) in [7, 11) is 0. The molecule has 4 nitrogen and oxygen atoms in total. The van der Waals surface area contributed by atoms with Crippen LogP contribution in [0.5, 0.6) is 11.5 Å². The Hall–Kier alpha value is -2.18. The first kappa shape index (κ1) is 28.8. The second-order valence-corrected chi connectivity index (χ2v) is 12.5. The van der Waals surface area contributed by atoms with Crippen LogP contribution in [0.25, 0.3) is 0 Å². The van der Waals surface area contributed by atoms with Gasteiger partial charge in [0.2, 0.25) is 11.6 Å². The number of fused-ring (bicyclic) bond motifs is 2. The first-order valence-corrected chi connectivity index (χ1v) is 15.8. The second kappa shape index (κ2) is 13.7. The number of benzene rings is 2. The van der Waals surface area contributed by atoms with Crippen molar-refractivity contribution >= 4 is 35.1 Å². The maximum absolute atomic E-state index is 13.3. The molecule has 2 aromatic carbocycles. The minimum Gasteiger partial charge on any atom is -0.491 e. The van der Waals surface area contributed by atoms with Gasteiger partial charge in [-0.1, -0.05) is 75.9 Å². The van der Waals surface area contributed by atoms with Crippen molar-refractivity contribution in [2.75, 3.05) is 0 Å². The van der Waals surface area contributed by atoms with Gasteiger partial charge in [-0.25, -0.2) is 0 Å². The Kier molecular flexibility index (Phi) is 10.4. The molecule has 38 heavy (non-hydrogen) atoms. The third-order valence-electron chi connectivity index (χ3n) is 7.04. The summed E-state index contributed by atoms with van der Waals surface area (Å²) in [5, 5.41) is 0. The Morgan fingerprint density at radius 1 is 0.632 bits per heavy atom. The van der Waals surface area contributed by atoms with E-state index in [-0.39, 0.29) is 23.8 Å². The van der Waals surface area contributed by atoms with Crippen LogP contribution in [-0.4, -0.2) is 23.8 Å². The fourth-order valence-electron chi connectivity index (χ4n) is 4.85. The van der Waals surface area contributed by atoms with Gasteiger partial charge in [0.15, 0.2) is 0 Å². The zero-order valence-electron chi connectivity index (χ0n) is 23.1. The number of carbonyl (C=O) groups is 2. The summed E-state index contributed by atoms with van der Waals surface area (Å²) in [6.45, 7) is 8.63. The summed E-state index contributed by atoms with van der Waals surface area (Å²) < 4.78 is 12.3. The van der Waals surface area contributed by atoms with Crippen LogP contribution in [0.1, 0.15) is 113 Å². The Bertz CT molecular complexity index is 1090. The number of hydrogen-bond donors (Lipinski definition) is 0. The highest BCUT2D eigenvalue weighted by molar-refractivity contribution is 8.08. The number of carbonyl (C=O) groups excluding carboxylic acids is 2. The van der Waals surface area contributed by atoms with Gasteiger partial charge in [-0.2, -0.15) is 0 Å². The predicted molar refractivity (Wildman–Crippen MR) is 158 cm³/mol. The van der Waals surface area contributed by atoms with Crippen LogP contribution < -0.4 is 9.47 Å². The molecule has 204 valence electrons. The van der Waals surface area contributed by atoms with E-state index in [9.17, 15) is 9.59 Å². The summed E-state index contributed by atoms with van der Waals surface area (Å²) >= 11 is 2.77. The molecule has 0 unspecified atom stereocenters. The van der Waals surface area contributed by atoms with Crippen molar-refractivity contribution in [3.63, 3.8) is 0 Å². The third-order valence-corrected chi connectivity index (χ3v) is 9.47. The SMILES string of the molecule is CCCCCC[C@@H](C)Oc1ccc2c(c1)S/C(=C1/Sc3cc(O[C@H](C)CCCCCC)ccc3C1=O)C2=O. The van der Waals surface area contributed by atoms with Gasteiger partial charge >= 0.3 is 0 Å². The van der Waals surface area contributed by atoms with E-state index < -0.39 is 0 Å². The van der Waals surface area contributed by atoms with E-state index in [1.165, 1.54) is 62.0 Å². The van der Waals surface area contributed by atoms with Gasteiger partial charge in [0.25, 0.3) is 0 Å². The minimum atomic E-state index is -0.0787. The summed E-state index contributed by atoms with van der Waals surface area (Å²) in [5.74, 6) is 1.39. The smallest absolute Gasteiger partial charge is 0.202 e. The van der Waals surface area contributed by atoms with Crippen molar-refractivity contribution in [1.29, 1.82) is 0 Å². The molecule has 4 rings (SSSR count). The molecule has 0 aromatic heterocycles. The molecule has 0 bridgehead atoms. The average molecular weight is 553 g/mol. The predicted octanol–water partition coefficient (Wildman–Crippen LogP) is 9.65. The zero-order chi connectivity index (χ0) is 27.1. The second-order valence-electron chi connectivity index (χ2n) is 10.4. The maximum atomic E-state index is 13.3. The Labute approximate surface area is 236 Å². The Morgan fingerprint density at radius 2 is 1.05 bits per heavy atom. The largest absolute Gasteiger partial charge is 0.491 e. The molecule has 0 radical (unpaired) electrons. The summed E-state index contributed by atoms with van der Waals surface area (Å²) in [6, 6.07) is 11.3. The highest BCUT2D eigenvalue weighted by Crippen LogP contribution is 2.51. The molecule has 6 heteroatoms. The highest BCUT2D eigenvalue weighted by atomic mass is 32.2. The van der Waals surface area contributed by atoms with Crippen molar-refractivity contribution in [3.05, 3.63) is 57.3 Å². The number of allylic oxidation sites excluding steroid dienone is 2. The summed E-state index contributed by atoms with van der Waals surface area (Å²) in [5.41, 5.74) is 1.29. The lowest BCUT2D eigenvalue weighted by molar-refractivity contribution is 0.101. The quantitative estimate of drug-likeness (QED) is 0.172. The van der Waals surface area contributed by atoms with E-state index in [0.717, 1.165) is 47.0 Å². The molecule has 0 spiro atoms. The molecule has 2 atom stereocenters. The lowest BCUT2D eigenvalue weighted by atomic mass is 10.1. The van der Waals surface area contributed by atoms with E-state index in [4.69, 9.17) is 9.47 Å². The number of Topliss-reactive ketones (excluding diaryl/α,β-unsaturated/α-hetero) is 2. The van der Waals surface area contributed by atoms with Gasteiger partial charge in [0.1, 0.15) is 11.5 Å². The van der Waals surface area contributed by atoms with Gasteiger partial charge in [-0.15, -0.1) is 0 Å². The Balaban J connectivity index is 1.41. The highest BCUT2D eigenvalue weighted by Gasteiger charge is 2.36. The molecule has 0 N–H and O–H groups in total. The number of hydrogen-bond acceptors (Lipinski definition) is 6. The first-order chi connectivity index (χ1) is 18.4. The van der Waals surface area contributed by atoms with Crippen LogP contribution in [0.4, 0.5) is 0 Å². The normalized spacial score (nSPS) is 17.9. The van der Waals surface area contributed by atoms with E-state index in [2.05, 4.69) is 27.7 Å². The van der Waals surface area contributed by atoms with Crippen molar-refractivity contribution < 1.29 is 19.1 Å². The number of ketones is 2. The molecule has 2 aliphatic heterocycles. The van der Waals surface area contributed by atoms with Crippen molar-refractivity contribution in [2.24, 2.45) is 0 Å². The molecule has 0 amide bonds. The standard InChI is InChI=1S/C32H40O4S2/c1-5-7-9-11-13-21(3)35-23-15-17-25-27(19-23)37-31(29(25)33)32-30(34)26-18-16-24(20-28(26)38-32)36-22(4)14-12-10-8-6-2/h15-22H,5-14H2,1-4H3/b32-31+/t21-,22-/m1/s1. The summed E-state index contributed by atoms with van der Waals surface area (Å²) in [6.07, 6.45) is 12.0. The first-order valence-electron chi connectivity index (χ1n) is 14.2. The summed E-state index contributed by atoms with van der Waals surface area (Å²) in [4.78, 5) is 29.3. The van der Waals surface area contributed by atoms with Crippen LogP contribution in [-0.2, 0) is 0 Å². The number of unbranched alkanes of at least 4 members (excludes halogenated alkanes) is 6. The van der Waals surface area contributed by atoms with Gasteiger partial charge in [0.05, 0.1) is 22.0 Å². The van der Waals surface area contributed by atoms with Crippen molar-refractivity contribution in [2.45, 2.75) is 114 Å². The zero-order valence-corrected chi connectivity index (χ0v) is 24.8. The minimum absolute atomic E-state index is 0.0787. The van der Waals surface area contributed by atoms with Gasteiger partial charge in [0, 0.05) is 20.9 Å². The number of rotatable bonds is 14. The van der Waals surface area contributed by atoms with Crippen molar-refractivity contribution in [3.8, 4) is 11.5 Å². The van der Waals surface area contributed by atoms with Crippen LogP contribution in [0.3, 0.4) is 0 Å². The Morgan fingerprint density at radius 3 is 1.45 bits per heavy atom. The maximum Gasteiger partial charge on any atom is 0.202 e. The molecule has 2 aromatic rings. The molecule has 0 saturated carbocycles. The van der Waals surface area contributed by atoms with E-state index >= 15 is 0 Å². The third kappa shape index (κ3) is 7.06. The molecule has 0 aliphatic carbocycles. The van der Waals surface area contributed by atoms with Gasteiger partial charge in [-0.3, -0.25) is 9.59 Å². The lowest BCUT2D eigenvalue weighted by Gasteiger charge is -2.15. The lowest BCUT2D eigenvalue weighted by Crippen LogP contribution is -2.11. The fraction of sp³-hybridized carbons (Fsp3) is 0.500. The molecule has 2 heterocycles. The molecular formula is C32H40O4S2. The molecular weight excluding hydrogens is 512 g/mol. The fourth-order valence-corrected chi connectivity index (χ4v) is 7.21. The van der Waals surface area contributed by atoms with E-state index in [1.54, 1.807) is 0 Å². The van der Waals surface area contributed by atoms with E-state index in [1.807, 2.05) is 36.4 Å². The number of ether oxygens (including phenoxy) is 2. The van der Waals surface area contributed by atoms with Gasteiger partial charge < -0.3 is 9.47 Å². The molecule has 2 aliphatic rings. The van der Waals surface area contributed by atoms with Gasteiger partial charge in [-0.05, 0) is 75.9 Å².